The van der Waals surface area contributed by atoms with Gasteiger partial charge in [-0.25, -0.2) is 0 Å². The number of carbonyl (C=O) groups is 2. The summed E-state index contributed by atoms with van der Waals surface area (Å²) in [5, 5.41) is 6.97. The summed E-state index contributed by atoms with van der Waals surface area (Å²) in [5.74, 6) is 0.857. The first kappa shape index (κ1) is 20.3. The molecule has 1 heterocycles. The minimum Gasteiger partial charge on any atom is -0.485 e. The fraction of sp³-hybridized carbons (Fsp3) is 0.200. The number of benzene rings is 2. The van der Waals surface area contributed by atoms with Gasteiger partial charge in [-0.05, 0) is 42.5 Å². The van der Waals surface area contributed by atoms with Crippen molar-refractivity contribution in [3.8, 4) is 5.75 Å². The first-order chi connectivity index (χ1) is 13.9. The fourth-order valence-electron chi connectivity index (χ4n) is 2.52. The van der Waals surface area contributed by atoms with E-state index in [9.17, 15) is 9.59 Å². The van der Waals surface area contributed by atoms with Crippen LogP contribution in [0.3, 0.4) is 0 Å². The molecule has 3 aromatic rings. The number of likely N-dealkylation sites (N-methyl/N-ethyl adjacent to an activating group) is 1. The molecule has 1 aromatic heterocycles. The third-order valence-corrected chi connectivity index (χ3v) is 4.11. The molecule has 0 saturated heterocycles. The molecule has 0 unspecified atom stereocenters. The summed E-state index contributed by atoms with van der Waals surface area (Å²) in [4.78, 5) is 30.1. The second-order valence-corrected chi connectivity index (χ2v) is 6.70. The van der Waals surface area contributed by atoms with Gasteiger partial charge < -0.3 is 19.5 Å². The quantitative estimate of drug-likeness (QED) is 0.636. The number of carbonyl (C=O) groups excluding carboxylic acids is 2. The molecule has 0 saturated carbocycles. The highest BCUT2D eigenvalue weighted by Crippen LogP contribution is 2.16. The molecule has 150 valence electrons. The van der Waals surface area contributed by atoms with Crippen molar-refractivity contribution in [3.05, 3.63) is 70.8 Å². The zero-order valence-electron chi connectivity index (χ0n) is 15.9. The number of aromatic nitrogens is 2. The predicted molar refractivity (Wildman–Crippen MR) is 107 cm³/mol. The van der Waals surface area contributed by atoms with Crippen molar-refractivity contribution >= 4 is 29.1 Å². The van der Waals surface area contributed by atoms with Gasteiger partial charge >= 0.3 is 0 Å². The van der Waals surface area contributed by atoms with Crippen LogP contribution >= 0.6 is 11.6 Å². The Morgan fingerprint density at radius 2 is 1.97 bits per heavy atom. The summed E-state index contributed by atoms with van der Waals surface area (Å²) in [6, 6.07) is 13.4. The number of aryl methyl sites for hydroxylation is 1. The van der Waals surface area contributed by atoms with Crippen molar-refractivity contribution in [1.29, 1.82) is 0 Å². The number of ether oxygens (including phenoxy) is 1. The van der Waals surface area contributed by atoms with Crippen LogP contribution in [0, 0.1) is 6.92 Å². The highest BCUT2D eigenvalue weighted by Gasteiger charge is 2.15. The molecule has 8 nitrogen and oxygen atoms in total. The smallest absolute Gasteiger partial charge is 0.254 e. The van der Waals surface area contributed by atoms with E-state index >= 15 is 0 Å². The Hall–Kier alpha value is -3.39. The summed E-state index contributed by atoms with van der Waals surface area (Å²) in [6.07, 6.45) is 0. The maximum absolute atomic E-state index is 12.5. The average Bonchev–Trinajstić information content (AvgIpc) is 3.11. The molecule has 2 aromatic carbocycles. The molecule has 9 heteroatoms. The lowest BCUT2D eigenvalue weighted by Gasteiger charge is -2.17. The molecule has 29 heavy (non-hydrogen) atoms. The number of nitrogens with zero attached hydrogens (tertiary/aromatic N) is 3. The Kier molecular flexibility index (Phi) is 6.46. The van der Waals surface area contributed by atoms with Gasteiger partial charge in [0, 0.05) is 30.2 Å². The van der Waals surface area contributed by atoms with Crippen molar-refractivity contribution in [3.63, 3.8) is 0 Å². The number of amides is 2. The lowest BCUT2D eigenvalue weighted by molar-refractivity contribution is -0.116. The minimum atomic E-state index is -0.321. The largest absolute Gasteiger partial charge is 0.485 e. The van der Waals surface area contributed by atoms with Crippen LogP contribution in [0.1, 0.15) is 22.1 Å². The summed E-state index contributed by atoms with van der Waals surface area (Å²) in [7, 11) is 1.56. The van der Waals surface area contributed by atoms with Crippen LogP contribution in [0.2, 0.25) is 5.02 Å². The Balaban J connectivity index is 1.52. The van der Waals surface area contributed by atoms with E-state index in [1.165, 1.54) is 4.90 Å². The molecule has 0 spiro atoms. The van der Waals surface area contributed by atoms with E-state index in [4.69, 9.17) is 20.9 Å². The third-order valence-electron chi connectivity index (χ3n) is 3.87. The molecule has 2 amide bonds. The van der Waals surface area contributed by atoms with Gasteiger partial charge in [0.15, 0.2) is 6.61 Å². The maximum Gasteiger partial charge on any atom is 0.254 e. The van der Waals surface area contributed by atoms with E-state index in [2.05, 4.69) is 15.5 Å². The zero-order chi connectivity index (χ0) is 20.8. The van der Waals surface area contributed by atoms with E-state index in [-0.39, 0.29) is 25.0 Å². The highest BCUT2D eigenvalue weighted by molar-refractivity contribution is 6.30. The van der Waals surface area contributed by atoms with Crippen LogP contribution < -0.4 is 10.1 Å². The van der Waals surface area contributed by atoms with Crippen molar-refractivity contribution in [2.45, 2.75) is 13.5 Å². The van der Waals surface area contributed by atoms with E-state index in [0.717, 1.165) is 0 Å². The van der Waals surface area contributed by atoms with Gasteiger partial charge in [-0.3, -0.25) is 9.59 Å². The second-order valence-electron chi connectivity index (χ2n) is 6.26. The van der Waals surface area contributed by atoms with Crippen LogP contribution in [0.5, 0.6) is 5.75 Å². The van der Waals surface area contributed by atoms with Gasteiger partial charge in [-0.1, -0.05) is 22.8 Å². The Morgan fingerprint density at radius 3 is 2.62 bits per heavy atom. The van der Waals surface area contributed by atoms with Gasteiger partial charge in [0.25, 0.3) is 5.91 Å². The summed E-state index contributed by atoms with van der Waals surface area (Å²) in [6.45, 7) is 1.76. The van der Waals surface area contributed by atoms with Crippen LogP contribution in [0.25, 0.3) is 0 Å². The molecule has 0 aliphatic carbocycles. The monoisotopic (exact) mass is 414 g/mol. The molecule has 0 atom stereocenters. The molecule has 0 radical (unpaired) electrons. The van der Waals surface area contributed by atoms with Crippen molar-refractivity contribution < 1.29 is 18.8 Å². The third kappa shape index (κ3) is 5.79. The lowest BCUT2D eigenvalue weighted by atomic mass is 10.2. The van der Waals surface area contributed by atoms with E-state index in [1.54, 1.807) is 62.5 Å². The van der Waals surface area contributed by atoms with Crippen LogP contribution in [-0.2, 0) is 11.4 Å². The van der Waals surface area contributed by atoms with Crippen LogP contribution in [0.15, 0.2) is 53.1 Å². The molecular formula is C20H19ClN4O4. The lowest BCUT2D eigenvalue weighted by Crippen LogP contribution is -2.34. The standard InChI is InChI=1S/C20H19ClN4O4/c1-13-22-18(24-29-13)12-28-17-8-6-14(7-9-17)20(27)25(2)11-19(26)23-16-5-3-4-15(21)10-16/h3-10H,11-12H2,1-2H3,(H,23,26). The summed E-state index contributed by atoms with van der Waals surface area (Å²) in [5.41, 5.74) is 1.01. The molecule has 0 bridgehead atoms. The highest BCUT2D eigenvalue weighted by atomic mass is 35.5. The van der Waals surface area contributed by atoms with Crippen molar-refractivity contribution in [2.75, 3.05) is 18.9 Å². The van der Waals surface area contributed by atoms with Gasteiger partial charge in [-0.2, -0.15) is 4.98 Å². The zero-order valence-corrected chi connectivity index (χ0v) is 16.6. The molecular weight excluding hydrogens is 396 g/mol. The number of anilines is 1. The first-order valence-electron chi connectivity index (χ1n) is 8.73. The number of hydrogen-bond donors (Lipinski definition) is 1. The van der Waals surface area contributed by atoms with E-state index in [0.29, 0.717) is 33.7 Å². The van der Waals surface area contributed by atoms with Gasteiger partial charge in [0.1, 0.15) is 5.75 Å². The average molecular weight is 415 g/mol. The van der Waals surface area contributed by atoms with Crippen molar-refractivity contribution in [1.82, 2.24) is 15.0 Å². The molecule has 0 aliphatic heterocycles. The molecule has 3 rings (SSSR count). The SMILES string of the molecule is Cc1nc(COc2ccc(C(=O)N(C)CC(=O)Nc3cccc(Cl)c3)cc2)no1. The summed E-state index contributed by atoms with van der Waals surface area (Å²) < 4.78 is 10.4. The summed E-state index contributed by atoms with van der Waals surface area (Å²) >= 11 is 5.90. The topological polar surface area (TPSA) is 97.6 Å². The molecule has 1 N–H and O–H groups in total. The fourth-order valence-corrected chi connectivity index (χ4v) is 2.71. The van der Waals surface area contributed by atoms with Gasteiger partial charge in [-0.15, -0.1) is 0 Å². The van der Waals surface area contributed by atoms with E-state index in [1.807, 2.05) is 0 Å². The number of rotatable bonds is 7. The van der Waals surface area contributed by atoms with Crippen LogP contribution in [-0.4, -0.2) is 40.4 Å². The van der Waals surface area contributed by atoms with Gasteiger partial charge in [0.05, 0.1) is 6.54 Å². The van der Waals surface area contributed by atoms with Crippen LogP contribution in [0.4, 0.5) is 5.69 Å². The van der Waals surface area contributed by atoms with Gasteiger partial charge in [0.2, 0.25) is 17.6 Å². The minimum absolute atomic E-state index is 0.0965. The van der Waals surface area contributed by atoms with Crippen molar-refractivity contribution in [2.24, 2.45) is 0 Å². The number of hydrogen-bond acceptors (Lipinski definition) is 6. The molecule has 0 aliphatic rings. The maximum atomic E-state index is 12.5. The Morgan fingerprint density at radius 1 is 1.21 bits per heavy atom. The number of halogens is 1. The number of nitrogens with one attached hydrogen (secondary N) is 1. The second kappa shape index (κ2) is 9.20. The predicted octanol–water partition coefficient (Wildman–Crippen LogP) is 3.32. The van der Waals surface area contributed by atoms with E-state index < -0.39 is 0 Å². The first-order valence-corrected chi connectivity index (χ1v) is 9.11. The normalized spacial score (nSPS) is 10.4. The Bertz CT molecular complexity index is 1000. The molecule has 0 fully saturated rings. The Labute approximate surface area is 172 Å².